The number of ether oxygens (including phenoxy) is 1. The number of thioether (sulfide) groups is 1. The molecule has 0 unspecified atom stereocenters. The van der Waals surface area contributed by atoms with Crippen molar-refractivity contribution < 1.29 is 9.53 Å². The van der Waals surface area contributed by atoms with Crippen LogP contribution in [0.15, 0.2) is 86.3 Å². The van der Waals surface area contributed by atoms with Crippen molar-refractivity contribution in [1.29, 1.82) is 0 Å². The standard InChI is InChI=1S/C24H18BrClN4O3S/c1-33-21-11-6-15(12-19(21)25)13-27-29-22(31)14-34-24-28-20-5-3-2-4-18(20)23(32)30(24)17-9-7-16(26)8-10-17/h2-13H,14H2,1H3,(H,29,31). The van der Waals surface area contributed by atoms with Crippen LogP contribution in [0.1, 0.15) is 5.56 Å². The number of aromatic nitrogens is 2. The SMILES string of the molecule is COc1ccc(C=NNC(=O)CSc2nc3ccccc3c(=O)n2-c2ccc(Cl)cc2)cc1Br. The highest BCUT2D eigenvalue weighted by atomic mass is 79.9. The average molecular weight is 558 g/mol. The Hall–Kier alpha value is -3.14. The number of methoxy groups -OCH3 is 1. The van der Waals surface area contributed by atoms with Gasteiger partial charge in [0.1, 0.15) is 5.75 Å². The number of halogens is 2. The highest BCUT2D eigenvalue weighted by Gasteiger charge is 2.14. The summed E-state index contributed by atoms with van der Waals surface area (Å²) in [4.78, 5) is 30.2. The highest BCUT2D eigenvalue weighted by Crippen LogP contribution is 2.25. The van der Waals surface area contributed by atoms with Crippen LogP contribution in [0.3, 0.4) is 0 Å². The van der Waals surface area contributed by atoms with Crippen molar-refractivity contribution in [3.05, 3.63) is 92.1 Å². The van der Waals surface area contributed by atoms with Gasteiger partial charge in [0.05, 0.1) is 40.1 Å². The minimum Gasteiger partial charge on any atom is -0.496 e. The number of fused-ring (bicyclic) bond motifs is 1. The summed E-state index contributed by atoms with van der Waals surface area (Å²) >= 11 is 10.6. The van der Waals surface area contributed by atoms with Crippen molar-refractivity contribution in [3.63, 3.8) is 0 Å². The van der Waals surface area contributed by atoms with Gasteiger partial charge < -0.3 is 4.74 Å². The molecule has 0 aliphatic carbocycles. The van der Waals surface area contributed by atoms with Crippen molar-refractivity contribution in [2.75, 3.05) is 12.9 Å². The van der Waals surface area contributed by atoms with Gasteiger partial charge in [-0.15, -0.1) is 0 Å². The summed E-state index contributed by atoms with van der Waals surface area (Å²) < 4.78 is 7.46. The largest absolute Gasteiger partial charge is 0.496 e. The van der Waals surface area contributed by atoms with Gasteiger partial charge in [-0.1, -0.05) is 35.5 Å². The molecule has 0 fully saturated rings. The summed E-state index contributed by atoms with van der Waals surface area (Å²) in [5.41, 5.74) is 4.23. The fourth-order valence-electron chi connectivity index (χ4n) is 3.13. The smallest absolute Gasteiger partial charge is 0.266 e. The Morgan fingerprint density at radius 3 is 2.71 bits per heavy atom. The van der Waals surface area contributed by atoms with Gasteiger partial charge in [0.25, 0.3) is 11.5 Å². The van der Waals surface area contributed by atoms with Crippen molar-refractivity contribution in [2.45, 2.75) is 5.16 Å². The number of hydrogen-bond acceptors (Lipinski definition) is 6. The van der Waals surface area contributed by atoms with E-state index in [1.54, 1.807) is 55.6 Å². The van der Waals surface area contributed by atoms with Crippen LogP contribution in [0.2, 0.25) is 5.02 Å². The molecule has 1 heterocycles. The maximum Gasteiger partial charge on any atom is 0.266 e. The molecule has 7 nitrogen and oxygen atoms in total. The van der Waals surface area contributed by atoms with Gasteiger partial charge >= 0.3 is 0 Å². The molecule has 1 aromatic heterocycles. The average Bonchev–Trinajstić information content (AvgIpc) is 2.84. The minimum absolute atomic E-state index is 0.0159. The van der Waals surface area contributed by atoms with Gasteiger partial charge in [-0.3, -0.25) is 14.2 Å². The predicted molar refractivity (Wildman–Crippen MR) is 140 cm³/mol. The van der Waals surface area contributed by atoms with Crippen molar-refractivity contribution in [2.24, 2.45) is 5.10 Å². The maximum atomic E-state index is 13.2. The fourth-order valence-corrected chi connectivity index (χ4v) is 4.62. The molecule has 0 radical (unpaired) electrons. The Morgan fingerprint density at radius 1 is 1.21 bits per heavy atom. The van der Waals surface area contributed by atoms with Crippen molar-refractivity contribution in [1.82, 2.24) is 15.0 Å². The molecule has 0 aliphatic heterocycles. The number of para-hydroxylation sites is 1. The van der Waals surface area contributed by atoms with Crippen LogP contribution in [0.4, 0.5) is 0 Å². The van der Waals surface area contributed by atoms with Crippen LogP contribution >= 0.6 is 39.3 Å². The lowest BCUT2D eigenvalue weighted by atomic mass is 10.2. The zero-order valence-corrected chi connectivity index (χ0v) is 21.0. The maximum absolute atomic E-state index is 13.2. The van der Waals surface area contributed by atoms with Crippen LogP contribution in [0, 0.1) is 0 Å². The van der Waals surface area contributed by atoms with E-state index in [9.17, 15) is 9.59 Å². The first kappa shape index (κ1) is 24.0. The molecule has 4 rings (SSSR count). The van der Waals surface area contributed by atoms with Gasteiger partial charge in [0.2, 0.25) is 0 Å². The molecule has 1 amide bonds. The lowest BCUT2D eigenvalue weighted by molar-refractivity contribution is -0.118. The van der Waals surface area contributed by atoms with Gasteiger partial charge in [0.15, 0.2) is 5.16 Å². The predicted octanol–water partition coefficient (Wildman–Crippen LogP) is 5.05. The number of hydrogen-bond donors (Lipinski definition) is 1. The molecule has 1 N–H and O–H groups in total. The number of amides is 1. The first-order valence-corrected chi connectivity index (χ1v) is 12.2. The molecule has 10 heteroatoms. The van der Waals surface area contributed by atoms with E-state index < -0.39 is 0 Å². The van der Waals surface area contributed by atoms with Crippen LogP contribution in [-0.2, 0) is 4.79 Å². The molecule has 0 bridgehead atoms. The van der Waals surface area contributed by atoms with Crippen LogP contribution in [0.5, 0.6) is 5.75 Å². The first-order chi connectivity index (χ1) is 16.5. The number of nitrogens with zero attached hydrogens (tertiary/aromatic N) is 3. The van der Waals surface area contributed by atoms with Gasteiger partial charge in [-0.25, -0.2) is 10.4 Å². The van der Waals surface area contributed by atoms with Gasteiger partial charge in [-0.2, -0.15) is 5.10 Å². The van der Waals surface area contributed by atoms with E-state index in [4.69, 9.17) is 16.3 Å². The molecule has 0 saturated heterocycles. The third-order valence-corrected chi connectivity index (χ3v) is 6.55. The normalized spacial score (nSPS) is 11.1. The van der Waals surface area contributed by atoms with E-state index in [2.05, 4.69) is 31.4 Å². The van der Waals surface area contributed by atoms with Crippen molar-refractivity contribution in [3.8, 4) is 11.4 Å². The molecule has 34 heavy (non-hydrogen) atoms. The zero-order valence-electron chi connectivity index (χ0n) is 17.9. The Morgan fingerprint density at radius 2 is 1.97 bits per heavy atom. The highest BCUT2D eigenvalue weighted by molar-refractivity contribution is 9.10. The second kappa shape index (κ2) is 10.9. The van der Waals surface area contributed by atoms with Gasteiger partial charge in [-0.05, 0) is 76.1 Å². The van der Waals surface area contributed by atoms with Crippen LogP contribution in [-0.4, -0.2) is 34.5 Å². The van der Waals surface area contributed by atoms with E-state index in [1.807, 2.05) is 18.2 Å². The quantitative estimate of drug-likeness (QED) is 0.149. The van der Waals surface area contributed by atoms with Crippen molar-refractivity contribution >= 4 is 62.3 Å². The molecule has 0 atom stereocenters. The first-order valence-electron chi connectivity index (χ1n) is 10.0. The zero-order chi connectivity index (χ0) is 24.1. The van der Waals surface area contributed by atoms with E-state index in [0.29, 0.717) is 32.5 Å². The van der Waals surface area contributed by atoms with E-state index in [-0.39, 0.29) is 17.2 Å². The Kier molecular flexibility index (Phi) is 7.66. The number of carbonyl (C=O) groups is 1. The summed E-state index contributed by atoms with van der Waals surface area (Å²) in [7, 11) is 1.59. The lowest BCUT2D eigenvalue weighted by Crippen LogP contribution is -2.24. The topological polar surface area (TPSA) is 85.6 Å². The summed E-state index contributed by atoms with van der Waals surface area (Å²) in [5.74, 6) is 0.383. The Bertz CT molecular complexity index is 1440. The molecular weight excluding hydrogens is 540 g/mol. The fraction of sp³-hybridized carbons (Fsp3) is 0.0833. The van der Waals surface area contributed by atoms with E-state index in [1.165, 1.54) is 10.8 Å². The number of rotatable bonds is 7. The molecule has 0 spiro atoms. The van der Waals surface area contributed by atoms with E-state index >= 15 is 0 Å². The van der Waals surface area contributed by atoms with Crippen LogP contribution in [0.25, 0.3) is 16.6 Å². The minimum atomic E-state index is -0.334. The summed E-state index contributed by atoms with van der Waals surface area (Å²) in [6, 6.07) is 19.4. The summed E-state index contributed by atoms with van der Waals surface area (Å²) in [6.45, 7) is 0. The second-order valence-electron chi connectivity index (χ2n) is 7.00. The van der Waals surface area contributed by atoms with Gasteiger partial charge in [0, 0.05) is 5.02 Å². The molecular formula is C24H18BrClN4O3S. The molecule has 3 aromatic carbocycles. The molecule has 4 aromatic rings. The molecule has 0 aliphatic rings. The number of nitrogens with one attached hydrogen (secondary N) is 1. The Labute approximate surface area is 212 Å². The monoisotopic (exact) mass is 556 g/mol. The number of benzene rings is 3. The third kappa shape index (κ3) is 5.49. The van der Waals surface area contributed by atoms with Crippen LogP contribution < -0.4 is 15.7 Å². The lowest BCUT2D eigenvalue weighted by Gasteiger charge is -2.13. The third-order valence-electron chi connectivity index (χ3n) is 4.74. The Balaban J connectivity index is 1.53. The molecule has 172 valence electrons. The number of hydrazone groups is 1. The van der Waals surface area contributed by atoms with E-state index in [0.717, 1.165) is 21.8 Å². The second-order valence-corrected chi connectivity index (χ2v) is 9.24. The number of carbonyl (C=O) groups excluding carboxylic acids is 1. The summed E-state index contributed by atoms with van der Waals surface area (Å²) in [6.07, 6.45) is 1.53. The summed E-state index contributed by atoms with van der Waals surface area (Å²) in [5, 5.41) is 5.44. The molecule has 0 saturated carbocycles.